The van der Waals surface area contributed by atoms with Gasteiger partial charge in [-0.3, -0.25) is 14.9 Å². The number of aromatic hydroxyl groups is 1. The highest BCUT2D eigenvalue weighted by atomic mass is 32.1. The van der Waals surface area contributed by atoms with E-state index in [0.717, 1.165) is 11.1 Å². The van der Waals surface area contributed by atoms with Gasteiger partial charge in [-0.05, 0) is 13.0 Å². The van der Waals surface area contributed by atoms with Gasteiger partial charge in [0.05, 0.1) is 27.7 Å². The van der Waals surface area contributed by atoms with Gasteiger partial charge in [-0.15, -0.1) is 11.3 Å². The van der Waals surface area contributed by atoms with Crippen molar-refractivity contribution in [3.8, 4) is 5.75 Å². The molecule has 20 heavy (non-hydrogen) atoms. The van der Waals surface area contributed by atoms with E-state index >= 15 is 0 Å². The molecule has 1 heterocycles. The van der Waals surface area contributed by atoms with Gasteiger partial charge in [-0.1, -0.05) is 6.07 Å². The van der Waals surface area contributed by atoms with Crippen molar-refractivity contribution in [3.63, 3.8) is 0 Å². The van der Waals surface area contributed by atoms with E-state index in [1.54, 1.807) is 0 Å². The lowest BCUT2D eigenvalue weighted by molar-refractivity contribution is -0.385. The molecule has 0 saturated heterocycles. The molecule has 1 aromatic heterocycles. The number of thiazole rings is 1. The molecule has 0 aliphatic carbocycles. The summed E-state index contributed by atoms with van der Waals surface area (Å²) in [5.41, 5.74) is 0.0686. The Labute approximate surface area is 118 Å². The number of aryl methyl sites for hydroxylation is 1. The number of phenols is 1. The summed E-state index contributed by atoms with van der Waals surface area (Å²) in [5.74, 6) is -1.22. The van der Waals surface area contributed by atoms with E-state index in [1.165, 1.54) is 23.5 Å². The first-order valence-corrected chi connectivity index (χ1v) is 6.52. The van der Waals surface area contributed by atoms with Crippen molar-refractivity contribution in [2.24, 2.45) is 0 Å². The van der Waals surface area contributed by atoms with Gasteiger partial charge < -0.3 is 10.4 Å². The van der Waals surface area contributed by atoms with Gasteiger partial charge in [0.1, 0.15) is 0 Å². The fourth-order valence-corrected chi connectivity index (χ4v) is 2.23. The molecule has 0 unspecified atom stereocenters. The number of para-hydroxylation sites is 1. The summed E-state index contributed by atoms with van der Waals surface area (Å²) in [7, 11) is 0. The Morgan fingerprint density at radius 2 is 2.30 bits per heavy atom. The van der Waals surface area contributed by atoms with Crippen LogP contribution in [0.3, 0.4) is 0 Å². The van der Waals surface area contributed by atoms with Crippen molar-refractivity contribution in [2.45, 2.75) is 13.5 Å². The van der Waals surface area contributed by atoms with Gasteiger partial charge >= 0.3 is 5.69 Å². The van der Waals surface area contributed by atoms with E-state index in [-0.39, 0.29) is 12.1 Å². The molecule has 0 radical (unpaired) electrons. The van der Waals surface area contributed by atoms with Crippen LogP contribution >= 0.6 is 11.3 Å². The zero-order chi connectivity index (χ0) is 14.7. The standard InChI is InChI=1S/C12H11N3O4S/c1-7-14-8(6-20-7)5-13-12(17)9-3-2-4-10(11(9)16)15(18)19/h2-4,6,16H,5H2,1H3,(H,13,17). The molecule has 0 spiro atoms. The first kappa shape index (κ1) is 13.9. The number of phenolic OH excluding ortho intramolecular Hbond substituents is 1. The molecule has 7 nitrogen and oxygen atoms in total. The number of carbonyl (C=O) groups is 1. The number of nitro groups is 1. The second-order valence-electron chi connectivity index (χ2n) is 3.97. The van der Waals surface area contributed by atoms with Gasteiger partial charge in [0.25, 0.3) is 5.91 Å². The van der Waals surface area contributed by atoms with Crippen LogP contribution in [-0.2, 0) is 6.54 Å². The van der Waals surface area contributed by atoms with Crippen LogP contribution in [0.4, 0.5) is 5.69 Å². The van der Waals surface area contributed by atoms with Crippen LogP contribution in [-0.4, -0.2) is 20.9 Å². The molecule has 0 atom stereocenters. The lowest BCUT2D eigenvalue weighted by atomic mass is 10.1. The van der Waals surface area contributed by atoms with Crippen LogP contribution in [0.2, 0.25) is 0 Å². The first-order chi connectivity index (χ1) is 9.49. The maximum Gasteiger partial charge on any atom is 0.311 e. The maximum atomic E-state index is 11.9. The number of rotatable bonds is 4. The Kier molecular flexibility index (Phi) is 3.94. The van der Waals surface area contributed by atoms with E-state index in [4.69, 9.17) is 0 Å². The Morgan fingerprint density at radius 1 is 1.55 bits per heavy atom. The van der Waals surface area contributed by atoms with E-state index in [9.17, 15) is 20.0 Å². The Hall–Kier alpha value is -2.48. The number of benzene rings is 1. The number of nitro benzene ring substituents is 1. The summed E-state index contributed by atoms with van der Waals surface area (Å²) in [6.45, 7) is 2.05. The predicted octanol–water partition coefficient (Wildman–Crippen LogP) is 2.00. The second-order valence-corrected chi connectivity index (χ2v) is 5.03. The van der Waals surface area contributed by atoms with Crippen molar-refractivity contribution in [1.29, 1.82) is 0 Å². The molecule has 2 rings (SSSR count). The minimum atomic E-state index is -0.740. The Morgan fingerprint density at radius 3 is 2.90 bits per heavy atom. The van der Waals surface area contributed by atoms with E-state index < -0.39 is 22.3 Å². The van der Waals surface area contributed by atoms with E-state index in [1.807, 2.05) is 12.3 Å². The van der Waals surface area contributed by atoms with Crippen molar-refractivity contribution in [1.82, 2.24) is 10.3 Å². The van der Waals surface area contributed by atoms with Crippen LogP contribution in [0.5, 0.6) is 5.75 Å². The highest BCUT2D eigenvalue weighted by Crippen LogP contribution is 2.29. The molecule has 0 aliphatic rings. The van der Waals surface area contributed by atoms with E-state index in [0.29, 0.717) is 5.69 Å². The number of carbonyl (C=O) groups excluding carboxylic acids is 1. The average molecular weight is 293 g/mol. The van der Waals surface area contributed by atoms with Gasteiger partial charge in [-0.2, -0.15) is 0 Å². The molecule has 8 heteroatoms. The predicted molar refractivity (Wildman–Crippen MR) is 72.8 cm³/mol. The van der Waals surface area contributed by atoms with Gasteiger partial charge in [-0.25, -0.2) is 4.98 Å². The highest BCUT2D eigenvalue weighted by Gasteiger charge is 2.20. The number of hydrogen-bond donors (Lipinski definition) is 2. The Bertz CT molecular complexity index is 668. The van der Waals surface area contributed by atoms with Crippen LogP contribution in [0, 0.1) is 17.0 Å². The molecular weight excluding hydrogens is 282 g/mol. The smallest absolute Gasteiger partial charge is 0.311 e. The third kappa shape index (κ3) is 2.91. The molecule has 0 bridgehead atoms. The minimum Gasteiger partial charge on any atom is -0.502 e. The normalized spacial score (nSPS) is 10.2. The van der Waals surface area contributed by atoms with Crippen molar-refractivity contribution in [2.75, 3.05) is 0 Å². The molecule has 2 N–H and O–H groups in total. The molecule has 1 aromatic carbocycles. The number of hydrogen-bond acceptors (Lipinski definition) is 6. The summed E-state index contributed by atoms with van der Waals surface area (Å²) >= 11 is 1.46. The molecule has 104 valence electrons. The second kappa shape index (κ2) is 5.66. The van der Waals surface area contributed by atoms with Crippen molar-refractivity contribution < 1.29 is 14.8 Å². The summed E-state index contributed by atoms with van der Waals surface area (Å²) in [5, 5.41) is 25.6. The number of amides is 1. The third-order valence-electron chi connectivity index (χ3n) is 2.55. The zero-order valence-corrected chi connectivity index (χ0v) is 11.3. The fraction of sp³-hybridized carbons (Fsp3) is 0.167. The largest absolute Gasteiger partial charge is 0.502 e. The summed E-state index contributed by atoms with van der Waals surface area (Å²) in [4.78, 5) is 26.0. The topological polar surface area (TPSA) is 105 Å². The van der Waals surface area contributed by atoms with E-state index in [2.05, 4.69) is 10.3 Å². The van der Waals surface area contributed by atoms with Gasteiger partial charge in [0, 0.05) is 11.4 Å². The summed E-state index contributed by atoms with van der Waals surface area (Å²) < 4.78 is 0. The quantitative estimate of drug-likeness (QED) is 0.662. The first-order valence-electron chi connectivity index (χ1n) is 5.64. The number of nitrogens with one attached hydrogen (secondary N) is 1. The van der Waals surface area contributed by atoms with Crippen LogP contribution in [0.1, 0.15) is 21.1 Å². The monoisotopic (exact) mass is 293 g/mol. The minimum absolute atomic E-state index is 0.133. The number of aromatic nitrogens is 1. The SMILES string of the molecule is Cc1nc(CNC(=O)c2cccc([N+](=O)[O-])c2O)cs1. The summed E-state index contributed by atoms with van der Waals surface area (Å²) in [6, 6.07) is 3.81. The zero-order valence-electron chi connectivity index (χ0n) is 10.5. The molecule has 0 aliphatic heterocycles. The highest BCUT2D eigenvalue weighted by molar-refractivity contribution is 7.09. The average Bonchev–Trinajstić information content (AvgIpc) is 2.81. The maximum absolute atomic E-state index is 11.9. The Balaban J connectivity index is 2.13. The molecule has 0 saturated carbocycles. The molecule has 0 fully saturated rings. The molecular formula is C12H11N3O4S. The van der Waals surface area contributed by atoms with Gasteiger partial charge in [0.15, 0.2) is 0 Å². The van der Waals surface area contributed by atoms with Crippen LogP contribution in [0.25, 0.3) is 0 Å². The fourth-order valence-electron chi connectivity index (χ4n) is 1.62. The van der Waals surface area contributed by atoms with Crippen LogP contribution in [0.15, 0.2) is 23.6 Å². The van der Waals surface area contributed by atoms with Crippen molar-refractivity contribution >= 4 is 22.9 Å². The van der Waals surface area contributed by atoms with Crippen LogP contribution < -0.4 is 5.32 Å². The lowest BCUT2D eigenvalue weighted by Crippen LogP contribution is -2.23. The molecule has 1 amide bonds. The lowest BCUT2D eigenvalue weighted by Gasteiger charge is -2.05. The number of nitrogens with zero attached hydrogens (tertiary/aromatic N) is 2. The third-order valence-corrected chi connectivity index (χ3v) is 3.38. The summed E-state index contributed by atoms with van der Waals surface area (Å²) in [6.07, 6.45) is 0. The van der Waals surface area contributed by atoms with Crippen molar-refractivity contribution in [3.05, 3.63) is 50.0 Å². The molecule has 2 aromatic rings. The van der Waals surface area contributed by atoms with Gasteiger partial charge in [0.2, 0.25) is 5.75 Å².